The van der Waals surface area contributed by atoms with Crippen LogP contribution in [0.1, 0.15) is 5.56 Å². The van der Waals surface area contributed by atoms with Crippen LogP contribution < -0.4 is 11.2 Å². The largest absolute Gasteiger partial charge is 0.375 e. The molecule has 0 aliphatic rings. The third-order valence-corrected chi connectivity index (χ3v) is 1.54. The Bertz CT molecular complexity index is 420. The van der Waals surface area contributed by atoms with E-state index >= 15 is 0 Å². The van der Waals surface area contributed by atoms with Crippen LogP contribution >= 0.6 is 12.2 Å². The molecule has 1 rings (SSSR count). The van der Waals surface area contributed by atoms with Gasteiger partial charge in [-0.3, -0.25) is 5.43 Å². The van der Waals surface area contributed by atoms with E-state index in [-0.39, 0.29) is 5.11 Å². The zero-order chi connectivity index (χ0) is 11.4. The normalized spacial score (nSPS) is 10.6. The summed E-state index contributed by atoms with van der Waals surface area (Å²) in [4.78, 5) is 0. The molecule has 0 aliphatic heterocycles. The number of nitrogens with two attached hydrogens (primary N) is 1. The summed E-state index contributed by atoms with van der Waals surface area (Å²) < 4.78 is 38.6. The Hall–Kier alpha value is -1.63. The van der Waals surface area contributed by atoms with E-state index in [9.17, 15) is 13.2 Å². The first-order valence-corrected chi connectivity index (χ1v) is 4.15. The first kappa shape index (κ1) is 11.4. The Morgan fingerprint density at radius 3 is 2.53 bits per heavy atom. The summed E-state index contributed by atoms with van der Waals surface area (Å²) in [5.41, 5.74) is 6.50. The van der Waals surface area contributed by atoms with Crippen molar-refractivity contribution >= 4 is 23.5 Å². The van der Waals surface area contributed by atoms with Gasteiger partial charge < -0.3 is 5.73 Å². The molecule has 0 saturated carbocycles. The zero-order valence-electron chi connectivity index (χ0n) is 7.30. The summed E-state index contributed by atoms with van der Waals surface area (Å²) in [6.45, 7) is 0. The topological polar surface area (TPSA) is 50.4 Å². The molecule has 1 aromatic carbocycles. The van der Waals surface area contributed by atoms with Gasteiger partial charge in [-0.1, -0.05) is 0 Å². The van der Waals surface area contributed by atoms with Crippen LogP contribution in [0, 0.1) is 17.5 Å². The Balaban J connectivity index is 2.98. The highest BCUT2D eigenvalue weighted by Crippen LogP contribution is 2.13. The molecule has 0 fully saturated rings. The van der Waals surface area contributed by atoms with E-state index in [4.69, 9.17) is 5.73 Å². The van der Waals surface area contributed by atoms with Crippen molar-refractivity contribution in [2.45, 2.75) is 0 Å². The maximum atomic E-state index is 13.0. The average Bonchev–Trinajstić information content (AvgIpc) is 2.17. The molecule has 0 bridgehead atoms. The lowest BCUT2D eigenvalue weighted by molar-refractivity contribution is 0.493. The van der Waals surface area contributed by atoms with E-state index in [0.717, 1.165) is 12.3 Å². The number of hydrogen-bond donors (Lipinski definition) is 2. The minimum Gasteiger partial charge on any atom is -0.375 e. The minimum atomic E-state index is -1.32. The Morgan fingerprint density at radius 1 is 1.33 bits per heavy atom. The quantitative estimate of drug-likeness (QED) is 0.350. The lowest BCUT2D eigenvalue weighted by atomic mass is 10.2. The van der Waals surface area contributed by atoms with Crippen molar-refractivity contribution in [3.63, 3.8) is 0 Å². The molecular weight excluding hydrogens is 227 g/mol. The van der Waals surface area contributed by atoms with Gasteiger partial charge in [0.2, 0.25) is 0 Å². The van der Waals surface area contributed by atoms with E-state index in [1.807, 2.05) is 0 Å². The summed E-state index contributed by atoms with van der Waals surface area (Å²) in [6.07, 6.45) is 0.757. The molecule has 0 radical (unpaired) electrons. The van der Waals surface area contributed by atoms with Gasteiger partial charge in [0.1, 0.15) is 5.82 Å². The highest BCUT2D eigenvalue weighted by Gasteiger charge is 2.11. The monoisotopic (exact) mass is 233 g/mol. The van der Waals surface area contributed by atoms with Crippen molar-refractivity contribution in [1.29, 1.82) is 0 Å². The van der Waals surface area contributed by atoms with E-state index in [1.165, 1.54) is 0 Å². The average molecular weight is 233 g/mol. The zero-order valence-corrected chi connectivity index (χ0v) is 8.12. The fourth-order valence-electron chi connectivity index (χ4n) is 0.822. The number of hydrazone groups is 1. The molecule has 0 unspecified atom stereocenters. The summed E-state index contributed by atoms with van der Waals surface area (Å²) in [5.74, 6) is -3.40. The first-order chi connectivity index (χ1) is 7.02. The van der Waals surface area contributed by atoms with Gasteiger partial charge in [-0.2, -0.15) is 5.10 Å². The van der Waals surface area contributed by atoms with Crippen molar-refractivity contribution in [2.24, 2.45) is 10.8 Å². The van der Waals surface area contributed by atoms with Gasteiger partial charge in [-0.25, -0.2) is 13.2 Å². The Kier molecular flexibility index (Phi) is 3.62. The smallest absolute Gasteiger partial charge is 0.184 e. The van der Waals surface area contributed by atoms with Gasteiger partial charge in [0.05, 0.1) is 11.8 Å². The number of nitrogens with zero attached hydrogens (tertiary/aromatic N) is 1. The second-order valence-corrected chi connectivity index (χ2v) is 2.93. The summed E-state index contributed by atoms with van der Waals surface area (Å²) >= 11 is 4.39. The highest BCUT2D eigenvalue weighted by molar-refractivity contribution is 7.80. The molecule has 15 heavy (non-hydrogen) atoms. The van der Waals surface area contributed by atoms with Crippen molar-refractivity contribution in [2.75, 3.05) is 0 Å². The summed E-state index contributed by atoms with van der Waals surface area (Å²) in [5, 5.41) is 3.15. The summed E-state index contributed by atoms with van der Waals surface area (Å²) in [6, 6.07) is 1.48. The van der Waals surface area contributed by atoms with Crippen LogP contribution in [-0.2, 0) is 0 Å². The number of thiocarbonyl (C=S) groups is 1. The van der Waals surface area contributed by atoms with Gasteiger partial charge in [0.15, 0.2) is 16.7 Å². The predicted molar refractivity (Wildman–Crippen MR) is 53.8 cm³/mol. The molecular formula is C8H6F3N3S. The number of halogens is 3. The maximum Gasteiger partial charge on any atom is 0.184 e. The molecule has 80 valence electrons. The third-order valence-electron chi connectivity index (χ3n) is 1.45. The molecule has 7 heteroatoms. The van der Waals surface area contributed by atoms with E-state index in [1.54, 1.807) is 0 Å². The van der Waals surface area contributed by atoms with Crippen LogP contribution in [0.3, 0.4) is 0 Å². The molecule has 3 N–H and O–H groups in total. The van der Waals surface area contributed by atoms with E-state index in [0.29, 0.717) is 6.07 Å². The predicted octanol–water partition coefficient (Wildman–Crippen LogP) is 1.27. The summed E-state index contributed by atoms with van der Waals surface area (Å²) in [7, 11) is 0. The van der Waals surface area contributed by atoms with Crippen molar-refractivity contribution in [3.8, 4) is 0 Å². The fraction of sp³-hybridized carbons (Fsp3) is 0. The van der Waals surface area contributed by atoms with Gasteiger partial charge in [0, 0.05) is 0 Å². The second-order valence-electron chi connectivity index (χ2n) is 2.49. The lowest BCUT2D eigenvalue weighted by Crippen LogP contribution is -2.24. The molecule has 0 aliphatic carbocycles. The Morgan fingerprint density at radius 2 is 1.93 bits per heavy atom. The van der Waals surface area contributed by atoms with Crippen LogP contribution in [-0.4, -0.2) is 11.3 Å². The lowest BCUT2D eigenvalue weighted by Gasteiger charge is -1.99. The first-order valence-electron chi connectivity index (χ1n) is 3.74. The van der Waals surface area contributed by atoms with Crippen LogP contribution in [0.5, 0.6) is 0 Å². The van der Waals surface area contributed by atoms with Gasteiger partial charge in [-0.15, -0.1) is 0 Å². The molecule has 0 spiro atoms. The number of hydrogen-bond acceptors (Lipinski definition) is 2. The van der Waals surface area contributed by atoms with Gasteiger partial charge >= 0.3 is 0 Å². The van der Waals surface area contributed by atoms with E-state index in [2.05, 4.69) is 22.7 Å². The number of rotatable bonds is 2. The molecule has 0 amide bonds. The number of nitrogens with one attached hydrogen (secondary N) is 1. The Labute approximate surface area is 88.8 Å². The minimum absolute atomic E-state index is 0.163. The van der Waals surface area contributed by atoms with Crippen molar-refractivity contribution < 1.29 is 13.2 Å². The molecule has 3 nitrogen and oxygen atoms in total. The van der Waals surface area contributed by atoms with Crippen LogP contribution in [0.4, 0.5) is 13.2 Å². The molecule has 0 atom stereocenters. The fourth-order valence-corrected chi connectivity index (χ4v) is 0.874. The van der Waals surface area contributed by atoms with E-state index < -0.39 is 23.0 Å². The second kappa shape index (κ2) is 4.74. The SMILES string of the molecule is NC(=S)NN=Cc1c(F)ccc(F)c1F. The molecule has 0 heterocycles. The van der Waals surface area contributed by atoms with Crippen molar-refractivity contribution in [3.05, 3.63) is 35.1 Å². The maximum absolute atomic E-state index is 13.0. The van der Waals surface area contributed by atoms with Gasteiger partial charge in [-0.05, 0) is 24.4 Å². The third kappa shape index (κ3) is 2.91. The van der Waals surface area contributed by atoms with Crippen LogP contribution in [0.15, 0.2) is 17.2 Å². The number of benzene rings is 1. The molecule has 0 aromatic heterocycles. The highest BCUT2D eigenvalue weighted by atomic mass is 32.1. The van der Waals surface area contributed by atoms with Crippen molar-refractivity contribution in [1.82, 2.24) is 5.43 Å². The van der Waals surface area contributed by atoms with Crippen LogP contribution in [0.25, 0.3) is 0 Å². The van der Waals surface area contributed by atoms with Gasteiger partial charge in [0.25, 0.3) is 0 Å². The standard InChI is InChI=1S/C8H6F3N3S/c9-5-1-2-6(10)7(11)4(5)3-13-14-8(12)15/h1-3H,(H3,12,14,15). The van der Waals surface area contributed by atoms with Crippen LogP contribution in [0.2, 0.25) is 0 Å². The molecule has 1 aromatic rings. The molecule has 0 saturated heterocycles.